The number of nitrogens with zero attached hydrogens (tertiary/aromatic N) is 1. The third-order valence-corrected chi connectivity index (χ3v) is 3.87. The van der Waals surface area contributed by atoms with E-state index >= 15 is 0 Å². The summed E-state index contributed by atoms with van der Waals surface area (Å²) in [5.74, 6) is -0.129. The fourth-order valence-electron chi connectivity index (χ4n) is 1.79. The maximum Gasteiger partial charge on any atom is 0.340 e. The second kappa shape index (κ2) is 2.39. The lowest BCUT2D eigenvalue weighted by atomic mass is 10.2. The molecule has 0 aliphatic carbocycles. The van der Waals surface area contributed by atoms with Gasteiger partial charge in [-0.25, -0.2) is 4.79 Å². The van der Waals surface area contributed by atoms with Gasteiger partial charge in [0.15, 0.2) is 4.87 Å². The average molecular weight is 187 g/mol. The molecular weight excluding hydrogens is 178 g/mol. The minimum atomic E-state index is -0.906. The van der Waals surface area contributed by atoms with Gasteiger partial charge in [-0.2, -0.15) is 0 Å². The van der Waals surface area contributed by atoms with E-state index in [0.29, 0.717) is 19.4 Å². The van der Waals surface area contributed by atoms with E-state index in [1.165, 1.54) is 16.7 Å². The van der Waals surface area contributed by atoms with Crippen LogP contribution in [0.25, 0.3) is 0 Å². The highest BCUT2D eigenvalue weighted by Gasteiger charge is 2.54. The molecule has 2 aliphatic heterocycles. The highest BCUT2D eigenvalue weighted by Crippen LogP contribution is 2.44. The van der Waals surface area contributed by atoms with Crippen LogP contribution in [0.3, 0.4) is 0 Å². The predicted octanol–water partition coefficient (Wildman–Crippen LogP) is 0.136. The van der Waals surface area contributed by atoms with Gasteiger partial charge in [0.2, 0.25) is 5.91 Å². The standard InChI is InChI=1S/C7H9NO3S/c9-5-1-2-7(6(10)11)8(5)3-4-12-7/h1-4H2,(H,10,11)/t7-/m1/s1. The molecule has 0 radical (unpaired) electrons. The number of fused-ring (bicyclic) bond motifs is 1. The molecule has 2 rings (SSSR count). The molecule has 2 saturated heterocycles. The van der Waals surface area contributed by atoms with Crippen molar-refractivity contribution in [2.24, 2.45) is 0 Å². The predicted molar refractivity (Wildman–Crippen MR) is 43.8 cm³/mol. The first-order chi connectivity index (χ1) is 5.67. The Bertz CT molecular complexity index is 255. The van der Waals surface area contributed by atoms with E-state index in [2.05, 4.69) is 0 Å². The number of rotatable bonds is 1. The van der Waals surface area contributed by atoms with Crippen LogP contribution in [0, 0.1) is 0 Å². The van der Waals surface area contributed by atoms with Crippen molar-refractivity contribution in [1.29, 1.82) is 0 Å². The molecule has 2 heterocycles. The molecule has 0 spiro atoms. The minimum Gasteiger partial charge on any atom is -0.479 e. The summed E-state index contributed by atoms with van der Waals surface area (Å²) in [6.45, 7) is 0.593. The van der Waals surface area contributed by atoms with Crippen LogP contribution in [-0.2, 0) is 9.59 Å². The Hall–Kier alpha value is -0.710. The van der Waals surface area contributed by atoms with E-state index in [4.69, 9.17) is 5.11 Å². The summed E-state index contributed by atoms with van der Waals surface area (Å²) in [7, 11) is 0. The fraction of sp³-hybridized carbons (Fsp3) is 0.714. The second-order valence-electron chi connectivity index (χ2n) is 2.98. The van der Waals surface area contributed by atoms with Gasteiger partial charge in [-0.15, -0.1) is 11.8 Å². The lowest BCUT2D eigenvalue weighted by Crippen LogP contribution is -2.45. The molecule has 0 aromatic rings. The molecule has 0 unspecified atom stereocenters. The molecular formula is C7H9NO3S. The Morgan fingerprint density at radius 3 is 3.00 bits per heavy atom. The number of hydrogen-bond donors (Lipinski definition) is 1. The monoisotopic (exact) mass is 187 g/mol. The Labute approximate surface area is 73.9 Å². The van der Waals surface area contributed by atoms with Crippen LogP contribution in [-0.4, -0.2) is 39.1 Å². The fourth-order valence-corrected chi connectivity index (χ4v) is 3.12. The third-order valence-electron chi connectivity index (χ3n) is 2.40. The number of hydrogen-bond acceptors (Lipinski definition) is 3. The van der Waals surface area contributed by atoms with Crippen LogP contribution in [0.15, 0.2) is 0 Å². The van der Waals surface area contributed by atoms with Crippen LogP contribution < -0.4 is 0 Å². The summed E-state index contributed by atoms with van der Waals surface area (Å²) in [5, 5.41) is 8.98. The normalized spacial score (nSPS) is 34.0. The lowest BCUT2D eigenvalue weighted by molar-refractivity contribution is -0.147. The number of carbonyl (C=O) groups excluding carboxylic acids is 1. The zero-order valence-corrected chi connectivity index (χ0v) is 7.26. The summed E-state index contributed by atoms with van der Waals surface area (Å²) in [6.07, 6.45) is 0.852. The zero-order chi connectivity index (χ0) is 8.77. The topological polar surface area (TPSA) is 57.6 Å². The molecule has 0 bridgehead atoms. The van der Waals surface area contributed by atoms with Crippen molar-refractivity contribution < 1.29 is 14.7 Å². The van der Waals surface area contributed by atoms with Gasteiger partial charge < -0.3 is 10.0 Å². The zero-order valence-electron chi connectivity index (χ0n) is 6.45. The highest BCUT2D eigenvalue weighted by molar-refractivity contribution is 8.01. The minimum absolute atomic E-state index is 0.0117. The number of carbonyl (C=O) groups is 2. The van der Waals surface area contributed by atoms with Crippen molar-refractivity contribution in [3.8, 4) is 0 Å². The smallest absolute Gasteiger partial charge is 0.340 e. The third kappa shape index (κ3) is 0.798. The summed E-state index contributed by atoms with van der Waals surface area (Å²) < 4.78 is 0. The van der Waals surface area contributed by atoms with Crippen LogP contribution >= 0.6 is 11.8 Å². The van der Waals surface area contributed by atoms with Gasteiger partial charge in [0.05, 0.1) is 0 Å². The van der Waals surface area contributed by atoms with E-state index in [9.17, 15) is 9.59 Å². The van der Waals surface area contributed by atoms with E-state index in [0.717, 1.165) is 5.75 Å². The summed E-state index contributed by atoms with van der Waals surface area (Å²) in [4.78, 5) is 22.7. The van der Waals surface area contributed by atoms with Gasteiger partial charge in [-0.3, -0.25) is 4.79 Å². The van der Waals surface area contributed by atoms with E-state index in [-0.39, 0.29) is 5.91 Å². The molecule has 1 amide bonds. The molecule has 0 aromatic heterocycles. The van der Waals surface area contributed by atoms with Gasteiger partial charge in [0.25, 0.3) is 0 Å². The van der Waals surface area contributed by atoms with E-state index < -0.39 is 10.8 Å². The molecule has 2 fully saturated rings. The molecule has 66 valence electrons. The summed E-state index contributed by atoms with van der Waals surface area (Å²) >= 11 is 1.38. The molecule has 0 saturated carbocycles. The van der Waals surface area contributed by atoms with Gasteiger partial charge in [-0.05, 0) is 6.42 Å². The Morgan fingerprint density at radius 1 is 1.67 bits per heavy atom. The molecule has 2 aliphatic rings. The van der Waals surface area contributed by atoms with Gasteiger partial charge >= 0.3 is 5.97 Å². The lowest BCUT2D eigenvalue weighted by Gasteiger charge is -2.25. The number of thioether (sulfide) groups is 1. The largest absolute Gasteiger partial charge is 0.479 e. The molecule has 5 heteroatoms. The summed E-state index contributed by atoms with van der Waals surface area (Å²) in [5.41, 5.74) is 0. The summed E-state index contributed by atoms with van der Waals surface area (Å²) in [6, 6.07) is 0. The van der Waals surface area contributed by atoms with E-state index in [1.807, 2.05) is 0 Å². The number of carboxylic acids is 1. The first kappa shape index (κ1) is 7.91. The van der Waals surface area contributed by atoms with Gasteiger partial charge in [0, 0.05) is 18.7 Å². The molecule has 1 atom stereocenters. The van der Waals surface area contributed by atoms with Crippen LogP contribution in [0.1, 0.15) is 12.8 Å². The number of aliphatic carboxylic acids is 1. The van der Waals surface area contributed by atoms with Crippen molar-refractivity contribution >= 4 is 23.6 Å². The Balaban J connectivity index is 2.35. The van der Waals surface area contributed by atoms with Crippen molar-refractivity contribution in [1.82, 2.24) is 4.90 Å². The number of carboxylic acid groups (broad SMARTS) is 1. The Morgan fingerprint density at radius 2 is 2.42 bits per heavy atom. The quantitative estimate of drug-likeness (QED) is 0.634. The molecule has 12 heavy (non-hydrogen) atoms. The van der Waals surface area contributed by atoms with Crippen molar-refractivity contribution in [2.45, 2.75) is 17.7 Å². The second-order valence-corrected chi connectivity index (χ2v) is 4.36. The molecule has 4 nitrogen and oxygen atoms in total. The van der Waals surface area contributed by atoms with Crippen molar-refractivity contribution in [2.75, 3.05) is 12.3 Å². The van der Waals surface area contributed by atoms with Crippen LogP contribution in [0.4, 0.5) is 0 Å². The first-order valence-corrected chi connectivity index (χ1v) is 4.83. The van der Waals surface area contributed by atoms with Gasteiger partial charge in [0.1, 0.15) is 0 Å². The highest BCUT2D eigenvalue weighted by atomic mass is 32.2. The van der Waals surface area contributed by atoms with E-state index in [1.54, 1.807) is 0 Å². The van der Waals surface area contributed by atoms with Crippen LogP contribution in [0.2, 0.25) is 0 Å². The van der Waals surface area contributed by atoms with Gasteiger partial charge in [-0.1, -0.05) is 0 Å². The average Bonchev–Trinajstić information content (AvgIpc) is 2.53. The SMILES string of the molecule is O=C1CC[C@]2(C(=O)O)SCCN12. The maximum atomic E-state index is 11.2. The maximum absolute atomic E-state index is 11.2. The van der Waals surface area contributed by atoms with Crippen molar-refractivity contribution in [3.63, 3.8) is 0 Å². The number of amides is 1. The van der Waals surface area contributed by atoms with Crippen LogP contribution in [0.5, 0.6) is 0 Å². The molecule has 1 N–H and O–H groups in total. The first-order valence-electron chi connectivity index (χ1n) is 3.85. The Kier molecular flexibility index (Phi) is 1.57. The van der Waals surface area contributed by atoms with Crippen molar-refractivity contribution in [3.05, 3.63) is 0 Å². The molecule has 0 aromatic carbocycles.